The third kappa shape index (κ3) is 2.45. The lowest BCUT2D eigenvalue weighted by Crippen LogP contribution is -2.32. The normalized spacial score (nSPS) is 20.3. The van der Waals surface area contributed by atoms with Crippen LogP contribution in [0.5, 0.6) is 0 Å². The zero-order valence-corrected chi connectivity index (χ0v) is 8.01. The number of esters is 1. The highest BCUT2D eigenvalue weighted by Gasteiger charge is 2.35. The van der Waals surface area contributed by atoms with E-state index in [1.807, 2.05) is 13.0 Å². The molecule has 0 amide bonds. The summed E-state index contributed by atoms with van der Waals surface area (Å²) in [7, 11) is 0. The molecular weight excluding hydrogens is 166 g/mol. The van der Waals surface area contributed by atoms with Crippen LogP contribution >= 0.6 is 0 Å². The Morgan fingerprint density at radius 2 is 2.08 bits per heavy atom. The van der Waals surface area contributed by atoms with Gasteiger partial charge in [-0.2, -0.15) is 5.26 Å². The average Bonchev–Trinajstić information content (AvgIpc) is 2.15. The molecule has 1 fully saturated rings. The standard InChI is InChI=1S/C10H15NO2/c1-10(5-3-2-4-6-10)9(12)13-8-7-11/h2-6,8H2,1H3. The van der Waals surface area contributed by atoms with Crippen LogP contribution in [0.4, 0.5) is 0 Å². The summed E-state index contributed by atoms with van der Waals surface area (Å²) in [5, 5.41) is 8.27. The summed E-state index contributed by atoms with van der Waals surface area (Å²) in [4.78, 5) is 11.5. The summed E-state index contributed by atoms with van der Waals surface area (Å²) in [5.41, 5.74) is -0.324. The van der Waals surface area contributed by atoms with E-state index >= 15 is 0 Å². The number of nitrogens with zero attached hydrogens (tertiary/aromatic N) is 1. The highest BCUT2D eigenvalue weighted by Crippen LogP contribution is 2.36. The molecule has 0 aromatic rings. The number of hydrogen-bond donors (Lipinski definition) is 0. The molecule has 13 heavy (non-hydrogen) atoms. The number of hydrogen-bond acceptors (Lipinski definition) is 3. The Hall–Kier alpha value is -1.04. The molecule has 0 aliphatic heterocycles. The van der Waals surface area contributed by atoms with E-state index in [-0.39, 0.29) is 18.0 Å². The predicted octanol–water partition coefficient (Wildman–Crippen LogP) is 2.02. The van der Waals surface area contributed by atoms with Crippen LogP contribution < -0.4 is 0 Å². The van der Waals surface area contributed by atoms with Gasteiger partial charge in [-0.05, 0) is 19.8 Å². The number of rotatable bonds is 2. The lowest BCUT2D eigenvalue weighted by molar-refractivity contribution is -0.155. The average molecular weight is 181 g/mol. The fourth-order valence-electron chi connectivity index (χ4n) is 1.81. The summed E-state index contributed by atoms with van der Waals surface area (Å²) in [6.07, 6.45) is 5.20. The van der Waals surface area contributed by atoms with Crippen molar-refractivity contribution in [1.29, 1.82) is 5.26 Å². The van der Waals surface area contributed by atoms with Crippen molar-refractivity contribution in [1.82, 2.24) is 0 Å². The molecule has 0 radical (unpaired) electrons. The molecule has 1 aliphatic rings. The Morgan fingerprint density at radius 3 is 2.62 bits per heavy atom. The first kappa shape index (κ1) is 10.0. The van der Waals surface area contributed by atoms with Crippen molar-refractivity contribution >= 4 is 5.97 Å². The first-order valence-electron chi connectivity index (χ1n) is 4.73. The Labute approximate surface area is 78.7 Å². The zero-order chi connectivity index (χ0) is 9.73. The van der Waals surface area contributed by atoms with Gasteiger partial charge in [0, 0.05) is 0 Å². The molecule has 0 saturated heterocycles. The third-order valence-corrected chi connectivity index (χ3v) is 2.72. The van der Waals surface area contributed by atoms with E-state index in [1.165, 1.54) is 6.42 Å². The Kier molecular flexibility index (Phi) is 3.30. The van der Waals surface area contributed by atoms with Crippen LogP contribution in [-0.2, 0) is 9.53 Å². The lowest BCUT2D eigenvalue weighted by Gasteiger charge is -2.30. The first-order chi connectivity index (χ1) is 6.19. The second-order valence-corrected chi connectivity index (χ2v) is 3.86. The topological polar surface area (TPSA) is 50.1 Å². The van der Waals surface area contributed by atoms with Crippen molar-refractivity contribution < 1.29 is 9.53 Å². The van der Waals surface area contributed by atoms with Gasteiger partial charge in [0.1, 0.15) is 6.07 Å². The lowest BCUT2D eigenvalue weighted by atomic mass is 9.76. The summed E-state index contributed by atoms with van der Waals surface area (Å²) in [6.45, 7) is 1.82. The molecule has 72 valence electrons. The Bertz CT molecular complexity index is 224. The minimum atomic E-state index is -0.324. The van der Waals surface area contributed by atoms with Gasteiger partial charge in [-0.15, -0.1) is 0 Å². The summed E-state index contributed by atoms with van der Waals surface area (Å²) >= 11 is 0. The van der Waals surface area contributed by atoms with Crippen LogP contribution in [0.25, 0.3) is 0 Å². The van der Waals surface area contributed by atoms with Gasteiger partial charge in [0.2, 0.25) is 0 Å². The third-order valence-electron chi connectivity index (χ3n) is 2.72. The van der Waals surface area contributed by atoms with Crippen LogP contribution in [0, 0.1) is 16.7 Å². The number of nitriles is 1. The number of ether oxygens (including phenoxy) is 1. The van der Waals surface area contributed by atoms with Gasteiger partial charge < -0.3 is 4.74 Å². The second kappa shape index (κ2) is 4.27. The van der Waals surface area contributed by atoms with Gasteiger partial charge in [0.05, 0.1) is 5.41 Å². The molecule has 0 heterocycles. The van der Waals surface area contributed by atoms with Crippen molar-refractivity contribution in [3.8, 4) is 6.07 Å². The van der Waals surface area contributed by atoms with Gasteiger partial charge in [-0.1, -0.05) is 19.3 Å². The Morgan fingerprint density at radius 1 is 1.46 bits per heavy atom. The maximum Gasteiger partial charge on any atom is 0.312 e. The smallest absolute Gasteiger partial charge is 0.312 e. The minimum absolute atomic E-state index is 0.117. The SMILES string of the molecule is CC1(C(=O)OCC#N)CCCCC1. The van der Waals surface area contributed by atoms with Gasteiger partial charge >= 0.3 is 5.97 Å². The first-order valence-corrected chi connectivity index (χ1v) is 4.73. The predicted molar refractivity (Wildman–Crippen MR) is 47.8 cm³/mol. The quantitative estimate of drug-likeness (QED) is 0.612. The minimum Gasteiger partial charge on any atom is -0.450 e. The van der Waals surface area contributed by atoms with Crippen molar-refractivity contribution in [2.45, 2.75) is 39.0 Å². The molecule has 0 aromatic carbocycles. The van der Waals surface area contributed by atoms with E-state index in [9.17, 15) is 4.79 Å². The molecule has 0 bridgehead atoms. The largest absolute Gasteiger partial charge is 0.450 e. The number of carbonyl (C=O) groups is 1. The summed E-state index contributed by atoms with van der Waals surface area (Å²) in [6, 6.07) is 1.81. The zero-order valence-electron chi connectivity index (χ0n) is 8.01. The van der Waals surface area contributed by atoms with Gasteiger partial charge in [0.15, 0.2) is 6.61 Å². The van der Waals surface area contributed by atoms with E-state index in [2.05, 4.69) is 0 Å². The Balaban J connectivity index is 2.47. The van der Waals surface area contributed by atoms with Gasteiger partial charge in [-0.25, -0.2) is 0 Å². The fraction of sp³-hybridized carbons (Fsp3) is 0.800. The fourth-order valence-corrected chi connectivity index (χ4v) is 1.81. The summed E-state index contributed by atoms with van der Waals surface area (Å²) < 4.78 is 4.83. The van der Waals surface area contributed by atoms with E-state index in [4.69, 9.17) is 10.00 Å². The number of carbonyl (C=O) groups excluding carboxylic acids is 1. The van der Waals surface area contributed by atoms with Gasteiger partial charge in [0.25, 0.3) is 0 Å². The van der Waals surface area contributed by atoms with Crippen LogP contribution in [-0.4, -0.2) is 12.6 Å². The van der Waals surface area contributed by atoms with Gasteiger partial charge in [-0.3, -0.25) is 4.79 Å². The molecule has 1 rings (SSSR count). The molecule has 0 aromatic heterocycles. The van der Waals surface area contributed by atoms with E-state index in [1.54, 1.807) is 0 Å². The second-order valence-electron chi connectivity index (χ2n) is 3.86. The molecule has 3 heteroatoms. The summed E-state index contributed by atoms with van der Waals surface area (Å²) in [5.74, 6) is -0.200. The molecule has 0 atom stereocenters. The van der Waals surface area contributed by atoms with Crippen LogP contribution in [0.1, 0.15) is 39.0 Å². The molecule has 0 N–H and O–H groups in total. The van der Waals surface area contributed by atoms with E-state index in [0.717, 1.165) is 25.7 Å². The van der Waals surface area contributed by atoms with Crippen LogP contribution in [0.15, 0.2) is 0 Å². The molecule has 1 saturated carbocycles. The maximum absolute atomic E-state index is 11.5. The van der Waals surface area contributed by atoms with Crippen LogP contribution in [0.2, 0.25) is 0 Å². The van der Waals surface area contributed by atoms with Crippen molar-refractivity contribution in [3.63, 3.8) is 0 Å². The molecule has 3 nitrogen and oxygen atoms in total. The molecule has 1 aliphatic carbocycles. The van der Waals surface area contributed by atoms with E-state index in [0.29, 0.717) is 0 Å². The van der Waals surface area contributed by atoms with Crippen molar-refractivity contribution in [2.75, 3.05) is 6.61 Å². The maximum atomic E-state index is 11.5. The monoisotopic (exact) mass is 181 g/mol. The van der Waals surface area contributed by atoms with E-state index < -0.39 is 0 Å². The highest BCUT2D eigenvalue weighted by atomic mass is 16.5. The highest BCUT2D eigenvalue weighted by molar-refractivity contribution is 5.76. The molecule has 0 spiro atoms. The van der Waals surface area contributed by atoms with Crippen molar-refractivity contribution in [2.24, 2.45) is 5.41 Å². The molecular formula is C10H15NO2. The van der Waals surface area contributed by atoms with Crippen LogP contribution in [0.3, 0.4) is 0 Å². The van der Waals surface area contributed by atoms with Crippen molar-refractivity contribution in [3.05, 3.63) is 0 Å². The molecule has 0 unspecified atom stereocenters.